The van der Waals surface area contributed by atoms with Crippen LogP contribution in [0.15, 0.2) is 30.8 Å². The Labute approximate surface area is 93.2 Å². The van der Waals surface area contributed by atoms with Gasteiger partial charge in [-0.15, -0.1) is 0 Å². The third kappa shape index (κ3) is 2.70. The molecule has 0 aliphatic rings. The van der Waals surface area contributed by atoms with Crippen LogP contribution in [0.5, 0.6) is 0 Å². The molecule has 4 nitrogen and oxygen atoms in total. The number of carboxylic acids is 1. The first-order valence-electron chi connectivity index (χ1n) is 4.76. The van der Waals surface area contributed by atoms with E-state index >= 15 is 0 Å². The Morgan fingerprint density at radius 3 is 2.19 bits per heavy atom. The Morgan fingerprint density at radius 2 is 1.75 bits per heavy atom. The molecule has 0 radical (unpaired) electrons. The fourth-order valence-electron chi connectivity index (χ4n) is 1.15. The molecular formula is C12H12O4. The summed E-state index contributed by atoms with van der Waals surface area (Å²) in [6.45, 7) is 5.45. The van der Waals surface area contributed by atoms with E-state index in [4.69, 9.17) is 9.84 Å². The molecule has 16 heavy (non-hydrogen) atoms. The van der Waals surface area contributed by atoms with Gasteiger partial charge in [0.15, 0.2) is 0 Å². The largest absolute Gasteiger partial charge is 0.478 e. The van der Waals surface area contributed by atoms with Gasteiger partial charge in [-0.05, 0) is 24.6 Å². The van der Waals surface area contributed by atoms with E-state index in [0.29, 0.717) is 17.7 Å². The number of benzene rings is 1. The fraction of sp³-hybridized carbons (Fsp3) is 0.167. The van der Waals surface area contributed by atoms with Gasteiger partial charge in [0.1, 0.15) is 0 Å². The Kier molecular flexibility index (Phi) is 3.83. The van der Waals surface area contributed by atoms with Crippen LogP contribution < -0.4 is 0 Å². The van der Waals surface area contributed by atoms with Gasteiger partial charge in [-0.3, -0.25) is 0 Å². The second kappa shape index (κ2) is 5.11. The molecule has 1 rings (SSSR count). The van der Waals surface area contributed by atoms with Crippen LogP contribution in [0.4, 0.5) is 0 Å². The van der Waals surface area contributed by atoms with Crippen LogP contribution in [0.25, 0.3) is 5.57 Å². The van der Waals surface area contributed by atoms with E-state index < -0.39 is 11.9 Å². The van der Waals surface area contributed by atoms with Crippen LogP contribution in [-0.4, -0.2) is 23.7 Å². The molecule has 1 aromatic carbocycles. The highest BCUT2D eigenvalue weighted by Gasteiger charge is 2.09. The zero-order chi connectivity index (χ0) is 12.1. The van der Waals surface area contributed by atoms with Gasteiger partial charge >= 0.3 is 11.9 Å². The molecule has 0 aromatic heterocycles. The van der Waals surface area contributed by atoms with Crippen molar-refractivity contribution >= 4 is 17.5 Å². The Bertz CT molecular complexity index is 417. The summed E-state index contributed by atoms with van der Waals surface area (Å²) < 4.78 is 4.80. The van der Waals surface area contributed by atoms with Gasteiger partial charge in [-0.1, -0.05) is 18.7 Å². The van der Waals surface area contributed by atoms with E-state index in [1.165, 1.54) is 24.3 Å². The molecule has 84 valence electrons. The number of hydrogen-bond donors (Lipinski definition) is 1. The van der Waals surface area contributed by atoms with Gasteiger partial charge in [0.2, 0.25) is 0 Å². The lowest BCUT2D eigenvalue weighted by molar-refractivity contribution is -0.130. The lowest BCUT2D eigenvalue weighted by Crippen LogP contribution is -2.05. The summed E-state index contributed by atoms with van der Waals surface area (Å²) in [5.41, 5.74) is 0.861. The standard InChI is InChI=1S/C12H12O4/c1-3-16-12(15)10-6-4-9(5-7-10)8(2)11(13)14/h4-7H,2-3H2,1H3,(H,13,14). The molecule has 1 aromatic rings. The molecule has 0 saturated heterocycles. The summed E-state index contributed by atoms with van der Waals surface area (Å²) in [4.78, 5) is 21.9. The van der Waals surface area contributed by atoms with Crippen molar-refractivity contribution in [3.8, 4) is 0 Å². The molecule has 0 atom stereocenters. The highest BCUT2D eigenvalue weighted by Crippen LogP contribution is 2.14. The van der Waals surface area contributed by atoms with Crippen LogP contribution in [0, 0.1) is 0 Å². The predicted octanol–water partition coefficient (Wildman–Crippen LogP) is 1.96. The zero-order valence-corrected chi connectivity index (χ0v) is 8.90. The number of esters is 1. The van der Waals surface area contributed by atoms with Crippen molar-refractivity contribution in [3.05, 3.63) is 42.0 Å². The SMILES string of the molecule is C=C(C(=O)O)c1ccc(C(=O)OCC)cc1. The molecule has 0 aliphatic heterocycles. The fourth-order valence-corrected chi connectivity index (χ4v) is 1.15. The van der Waals surface area contributed by atoms with Crippen LogP contribution in [0.3, 0.4) is 0 Å². The van der Waals surface area contributed by atoms with E-state index in [2.05, 4.69) is 6.58 Å². The van der Waals surface area contributed by atoms with Crippen molar-refractivity contribution in [2.75, 3.05) is 6.61 Å². The van der Waals surface area contributed by atoms with Crippen molar-refractivity contribution in [2.45, 2.75) is 6.92 Å². The zero-order valence-electron chi connectivity index (χ0n) is 8.90. The van der Waals surface area contributed by atoms with Crippen molar-refractivity contribution in [1.29, 1.82) is 0 Å². The first-order chi connectivity index (χ1) is 7.56. The minimum absolute atomic E-state index is 0.00425. The number of carbonyl (C=O) groups excluding carboxylic acids is 1. The number of carboxylic acid groups (broad SMARTS) is 1. The maximum atomic E-state index is 11.3. The predicted molar refractivity (Wildman–Crippen MR) is 59.1 cm³/mol. The summed E-state index contributed by atoms with van der Waals surface area (Å²) in [5, 5.41) is 8.71. The molecule has 0 heterocycles. The third-order valence-corrected chi connectivity index (χ3v) is 2.00. The second-order valence-electron chi connectivity index (χ2n) is 3.08. The molecule has 0 amide bonds. The summed E-state index contributed by atoms with van der Waals surface area (Å²) >= 11 is 0. The van der Waals surface area contributed by atoms with E-state index in [1.54, 1.807) is 6.92 Å². The van der Waals surface area contributed by atoms with E-state index in [0.717, 1.165) is 0 Å². The maximum absolute atomic E-state index is 11.3. The monoisotopic (exact) mass is 220 g/mol. The molecule has 0 aliphatic carbocycles. The topological polar surface area (TPSA) is 63.6 Å². The highest BCUT2D eigenvalue weighted by molar-refractivity contribution is 6.14. The molecular weight excluding hydrogens is 208 g/mol. The second-order valence-corrected chi connectivity index (χ2v) is 3.08. The summed E-state index contributed by atoms with van der Waals surface area (Å²) in [6, 6.07) is 6.09. The molecule has 0 fully saturated rings. The summed E-state index contributed by atoms with van der Waals surface area (Å²) in [5.74, 6) is -1.50. The average Bonchev–Trinajstić information content (AvgIpc) is 2.28. The first kappa shape index (κ1) is 12.0. The summed E-state index contributed by atoms with van der Waals surface area (Å²) in [6.07, 6.45) is 0. The Morgan fingerprint density at radius 1 is 1.25 bits per heavy atom. The lowest BCUT2D eigenvalue weighted by atomic mass is 10.1. The number of aliphatic carboxylic acids is 1. The van der Waals surface area contributed by atoms with Crippen LogP contribution in [0.1, 0.15) is 22.8 Å². The van der Waals surface area contributed by atoms with Gasteiger partial charge in [0.25, 0.3) is 0 Å². The molecule has 1 N–H and O–H groups in total. The number of rotatable bonds is 4. The van der Waals surface area contributed by atoms with Crippen LogP contribution in [-0.2, 0) is 9.53 Å². The smallest absolute Gasteiger partial charge is 0.338 e. The van der Waals surface area contributed by atoms with Crippen molar-refractivity contribution in [1.82, 2.24) is 0 Å². The molecule has 0 saturated carbocycles. The normalized spacial score (nSPS) is 9.56. The van der Waals surface area contributed by atoms with Crippen LogP contribution in [0.2, 0.25) is 0 Å². The number of ether oxygens (including phenoxy) is 1. The Balaban J connectivity index is 2.87. The minimum atomic E-state index is -1.08. The number of hydrogen-bond acceptors (Lipinski definition) is 3. The Hall–Kier alpha value is -2.10. The van der Waals surface area contributed by atoms with Crippen LogP contribution >= 0.6 is 0 Å². The summed E-state index contributed by atoms with van der Waals surface area (Å²) in [7, 11) is 0. The molecule has 4 heteroatoms. The van der Waals surface area contributed by atoms with Crippen molar-refractivity contribution < 1.29 is 19.4 Å². The third-order valence-electron chi connectivity index (χ3n) is 2.00. The minimum Gasteiger partial charge on any atom is -0.478 e. The van der Waals surface area contributed by atoms with Gasteiger partial charge in [-0.25, -0.2) is 9.59 Å². The highest BCUT2D eigenvalue weighted by atomic mass is 16.5. The van der Waals surface area contributed by atoms with Gasteiger partial charge < -0.3 is 9.84 Å². The number of carbonyl (C=O) groups is 2. The molecule has 0 unspecified atom stereocenters. The lowest BCUT2D eigenvalue weighted by Gasteiger charge is -2.03. The van der Waals surface area contributed by atoms with Gasteiger partial charge in [-0.2, -0.15) is 0 Å². The van der Waals surface area contributed by atoms with Gasteiger partial charge in [0, 0.05) is 0 Å². The molecule has 0 spiro atoms. The van der Waals surface area contributed by atoms with E-state index in [1.807, 2.05) is 0 Å². The van der Waals surface area contributed by atoms with Crippen molar-refractivity contribution in [3.63, 3.8) is 0 Å². The van der Waals surface area contributed by atoms with E-state index in [-0.39, 0.29) is 5.57 Å². The quantitative estimate of drug-likeness (QED) is 0.622. The van der Waals surface area contributed by atoms with Crippen molar-refractivity contribution in [2.24, 2.45) is 0 Å². The maximum Gasteiger partial charge on any atom is 0.338 e. The average molecular weight is 220 g/mol. The van der Waals surface area contributed by atoms with Gasteiger partial charge in [0.05, 0.1) is 17.7 Å². The first-order valence-corrected chi connectivity index (χ1v) is 4.76. The molecule has 0 bridgehead atoms. The van der Waals surface area contributed by atoms with E-state index in [9.17, 15) is 9.59 Å².